The summed E-state index contributed by atoms with van der Waals surface area (Å²) in [7, 11) is 0.324. The zero-order valence-electron chi connectivity index (χ0n) is 18.9. The van der Waals surface area contributed by atoms with Gasteiger partial charge in [-0.2, -0.15) is 4.31 Å². The lowest BCUT2D eigenvalue weighted by Gasteiger charge is -2.22. The van der Waals surface area contributed by atoms with Crippen molar-refractivity contribution in [3.8, 4) is 17.2 Å². The van der Waals surface area contributed by atoms with Gasteiger partial charge in [0.1, 0.15) is 17.2 Å². The second-order valence-corrected chi connectivity index (χ2v) is 9.51. The summed E-state index contributed by atoms with van der Waals surface area (Å²) in [6.07, 6.45) is 0. The Morgan fingerprint density at radius 3 is 2.21 bits per heavy atom. The second kappa shape index (κ2) is 11.2. The van der Waals surface area contributed by atoms with E-state index in [0.717, 1.165) is 9.87 Å². The fraction of sp³-hybridized carbons (Fsp3) is 0.208. The minimum atomic E-state index is -4.09. The van der Waals surface area contributed by atoms with Crippen LogP contribution < -0.4 is 19.5 Å². The number of halogens is 1. The summed E-state index contributed by atoms with van der Waals surface area (Å²) in [5.74, 6) is 0.718. The van der Waals surface area contributed by atoms with Crippen LogP contribution in [0.25, 0.3) is 0 Å². The maximum absolute atomic E-state index is 13.5. The van der Waals surface area contributed by atoms with E-state index in [1.54, 1.807) is 42.5 Å². The molecule has 0 aliphatic carbocycles. The van der Waals surface area contributed by atoms with E-state index in [0.29, 0.717) is 22.9 Å². The Morgan fingerprint density at radius 2 is 1.59 bits per heavy atom. The zero-order chi connectivity index (χ0) is 24.7. The van der Waals surface area contributed by atoms with Crippen molar-refractivity contribution >= 4 is 33.2 Å². The summed E-state index contributed by atoms with van der Waals surface area (Å²) >= 11 is 6.16. The van der Waals surface area contributed by atoms with Gasteiger partial charge in [-0.1, -0.05) is 41.9 Å². The van der Waals surface area contributed by atoms with Crippen LogP contribution in [0.5, 0.6) is 17.2 Å². The van der Waals surface area contributed by atoms with Gasteiger partial charge in [-0.15, -0.1) is 0 Å². The van der Waals surface area contributed by atoms with E-state index in [1.165, 1.54) is 39.5 Å². The number of amides is 1. The van der Waals surface area contributed by atoms with E-state index in [-0.39, 0.29) is 16.5 Å². The molecule has 3 aromatic rings. The Labute approximate surface area is 204 Å². The van der Waals surface area contributed by atoms with Crippen LogP contribution in [-0.4, -0.2) is 46.5 Å². The third-order valence-electron chi connectivity index (χ3n) is 4.96. The minimum absolute atomic E-state index is 0.0184. The smallest absolute Gasteiger partial charge is 0.243 e. The van der Waals surface area contributed by atoms with Crippen molar-refractivity contribution in [3.05, 3.63) is 77.3 Å². The van der Waals surface area contributed by atoms with Crippen molar-refractivity contribution in [2.45, 2.75) is 11.4 Å². The van der Waals surface area contributed by atoms with Crippen LogP contribution in [0.4, 0.5) is 5.69 Å². The van der Waals surface area contributed by atoms with Gasteiger partial charge < -0.3 is 19.5 Å². The molecule has 1 N–H and O–H groups in total. The SMILES string of the molecule is COc1ccc(OC)c(NC(=O)CN(Cc2ccccc2)S(=O)(=O)c2ccc(OC)c(Cl)c2)c1. The number of sulfonamides is 1. The van der Waals surface area contributed by atoms with E-state index in [1.807, 2.05) is 6.07 Å². The molecule has 8 nitrogen and oxygen atoms in total. The molecular weight excluding hydrogens is 480 g/mol. The largest absolute Gasteiger partial charge is 0.497 e. The van der Waals surface area contributed by atoms with E-state index in [2.05, 4.69) is 5.32 Å². The van der Waals surface area contributed by atoms with E-state index >= 15 is 0 Å². The Morgan fingerprint density at radius 1 is 0.912 bits per heavy atom. The number of anilines is 1. The van der Waals surface area contributed by atoms with Gasteiger partial charge in [-0.25, -0.2) is 8.42 Å². The molecule has 0 saturated carbocycles. The Bertz CT molecular complexity index is 1250. The van der Waals surface area contributed by atoms with Crippen molar-refractivity contribution in [2.24, 2.45) is 0 Å². The summed E-state index contributed by atoms with van der Waals surface area (Å²) in [6.45, 7) is -0.462. The lowest BCUT2D eigenvalue weighted by molar-refractivity contribution is -0.116. The number of carbonyl (C=O) groups excluding carboxylic acids is 1. The molecule has 180 valence electrons. The maximum Gasteiger partial charge on any atom is 0.243 e. The topological polar surface area (TPSA) is 94.2 Å². The first-order valence-electron chi connectivity index (χ1n) is 10.2. The van der Waals surface area contributed by atoms with Crippen LogP contribution in [0.15, 0.2) is 71.6 Å². The van der Waals surface area contributed by atoms with Crippen LogP contribution in [0.1, 0.15) is 5.56 Å². The van der Waals surface area contributed by atoms with Crippen LogP contribution in [0, 0.1) is 0 Å². The minimum Gasteiger partial charge on any atom is -0.497 e. The van der Waals surface area contributed by atoms with Crippen LogP contribution >= 0.6 is 11.6 Å². The Kier molecular flexibility index (Phi) is 8.38. The fourth-order valence-corrected chi connectivity index (χ4v) is 4.96. The molecule has 0 spiro atoms. The first kappa shape index (κ1) is 25.4. The maximum atomic E-state index is 13.5. The average molecular weight is 505 g/mol. The molecule has 0 aliphatic rings. The number of carbonyl (C=O) groups is 1. The number of nitrogens with zero attached hydrogens (tertiary/aromatic N) is 1. The number of ether oxygens (including phenoxy) is 3. The number of benzene rings is 3. The summed E-state index contributed by atoms with van der Waals surface area (Å²) in [4.78, 5) is 12.9. The van der Waals surface area contributed by atoms with Gasteiger partial charge in [0.25, 0.3) is 0 Å². The van der Waals surface area contributed by atoms with Gasteiger partial charge in [-0.05, 0) is 35.9 Å². The summed E-state index contributed by atoms with van der Waals surface area (Å²) in [6, 6.07) is 18.1. The highest BCUT2D eigenvalue weighted by Gasteiger charge is 2.28. The number of rotatable bonds is 10. The van der Waals surface area contributed by atoms with Gasteiger partial charge in [0.2, 0.25) is 15.9 Å². The Hall–Kier alpha value is -3.27. The molecule has 3 aromatic carbocycles. The summed E-state index contributed by atoms with van der Waals surface area (Å²) < 4.78 is 43.7. The molecular formula is C24H25ClN2O6S. The lowest BCUT2D eigenvalue weighted by Crippen LogP contribution is -2.37. The molecule has 3 rings (SSSR count). The van der Waals surface area contributed by atoms with Gasteiger partial charge >= 0.3 is 0 Å². The van der Waals surface area contributed by atoms with Crippen molar-refractivity contribution in [3.63, 3.8) is 0 Å². The highest BCUT2D eigenvalue weighted by Crippen LogP contribution is 2.30. The van der Waals surface area contributed by atoms with Crippen LogP contribution in [0.3, 0.4) is 0 Å². The fourth-order valence-electron chi connectivity index (χ4n) is 3.23. The van der Waals surface area contributed by atoms with E-state index in [4.69, 9.17) is 25.8 Å². The standard InChI is InChI=1S/C24H25ClN2O6S/c1-31-18-9-11-23(33-3)21(13-18)26-24(28)16-27(15-17-7-5-4-6-8-17)34(29,30)19-10-12-22(32-2)20(25)14-19/h4-14H,15-16H2,1-3H3,(H,26,28). The third-order valence-corrected chi connectivity index (χ3v) is 7.05. The molecule has 0 saturated heterocycles. The Balaban J connectivity index is 1.92. The van der Waals surface area contributed by atoms with Gasteiger partial charge in [0.05, 0.1) is 43.5 Å². The van der Waals surface area contributed by atoms with E-state index < -0.39 is 22.5 Å². The number of hydrogen-bond donors (Lipinski definition) is 1. The molecule has 34 heavy (non-hydrogen) atoms. The summed E-state index contributed by atoms with van der Waals surface area (Å²) in [5, 5.41) is 2.86. The first-order chi connectivity index (χ1) is 16.3. The van der Waals surface area contributed by atoms with E-state index in [9.17, 15) is 13.2 Å². The monoisotopic (exact) mass is 504 g/mol. The summed E-state index contributed by atoms with van der Waals surface area (Å²) in [5.41, 5.74) is 1.08. The second-order valence-electron chi connectivity index (χ2n) is 7.17. The molecule has 0 fully saturated rings. The highest BCUT2D eigenvalue weighted by atomic mass is 35.5. The number of methoxy groups -OCH3 is 3. The van der Waals surface area contributed by atoms with Gasteiger partial charge in [-0.3, -0.25) is 4.79 Å². The normalized spacial score (nSPS) is 11.2. The molecule has 0 bridgehead atoms. The molecule has 10 heteroatoms. The van der Waals surface area contributed by atoms with Crippen LogP contribution in [-0.2, 0) is 21.4 Å². The predicted molar refractivity (Wildman–Crippen MR) is 130 cm³/mol. The lowest BCUT2D eigenvalue weighted by atomic mass is 10.2. The van der Waals surface area contributed by atoms with Crippen molar-refractivity contribution in [2.75, 3.05) is 33.2 Å². The van der Waals surface area contributed by atoms with Crippen molar-refractivity contribution in [1.29, 1.82) is 0 Å². The number of hydrogen-bond acceptors (Lipinski definition) is 6. The molecule has 0 unspecified atom stereocenters. The average Bonchev–Trinajstić information content (AvgIpc) is 2.84. The quantitative estimate of drug-likeness (QED) is 0.445. The van der Waals surface area contributed by atoms with Gasteiger partial charge in [0, 0.05) is 12.6 Å². The molecule has 0 atom stereocenters. The molecule has 0 heterocycles. The molecule has 0 radical (unpaired) electrons. The first-order valence-corrected chi connectivity index (χ1v) is 12.0. The zero-order valence-corrected chi connectivity index (χ0v) is 20.5. The van der Waals surface area contributed by atoms with Gasteiger partial charge in [0.15, 0.2) is 0 Å². The third kappa shape index (κ3) is 5.99. The van der Waals surface area contributed by atoms with Crippen LogP contribution in [0.2, 0.25) is 5.02 Å². The predicted octanol–water partition coefficient (Wildman–Crippen LogP) is 4.20. The highest BCUT2D eigenvalue weighted by molar-refractivity contribution is 7.89. The number of nitrogens with one attached hydrogen (secondary N) is 1. The molecule has 0 aromatic heterocycles. The molecule has 1 amide bonds. The van der Waals surface area contributed by atoms with Crippen molar-refractivity contribution < 1.29 is 27.4 Å². The van der Waals surface area contributed by atoms with Crippen molar-refractivity contribution in [1.82, 2.24) is 4.31 Å². The molecule has 0 aliphatic heterocycles.